The highest BCUT2D eigenvalue weighted by Crippen LogP contribution is 2.36. The summed E-state index contributed by atoms with van der Waals surface area (Å²) in [5, 5.41) is 3.06. The molecule has 8 heteroatoms. The van der Waals surface area contributed by atoms with Gasteiger partial charge in [-0.25, -0.2) is 8.42 Å². The number of hydrogen-bond donors (Lipinski definition) is 1. The molecule has 0 saturated carbocycles. The Labute approximate surface area is 184 Å². The maximum Gasteiger partial charge on any atom is 0.263 e. The summed E-state index contributed by atoms with van der Waals surface area (Å²) in [5.74, 6) is 1.12. The lowest BCUT2D eigenvalue weighted by molar-refractivity contribution is -0.128. The number of amides is 1. The molecular weight excluding hydrogens is 416 g/mol. The molecule has 0 spiro atoms. The molecule has 0 bridgehead atoms. The monoisotopic (exact) mass is 446 g/mol. The number of methoxy groups -OCH3 is 1. The van der Waals surface area contributed by atoms with Crippen LogP contribution in [-0.2, 0) is 14.8 Å². The molecule has 168 valence electrons. The first-order valence-corrected chi connectivity index (χ1v) is 12.1. The maximum atomic E-state index is 13.2. The van der Waals surface area contributed by atoms with Gasteiger partial charge >= 0.3 is 0 Å². The Hall–Kier alpha value is -2.74. The van der Waals surface area contributed by atoms with Crippen LogP contribution in [0, 0.1) is 12.8 Å². The number of hydrogen-bond acceptors (Lipinski definition) is 5. The van der Waals surface area contributed by atoms with Crippen molar-refractivity contribution >= 4 is 21.6 Å². The van der Waals surface area contributed by atoms with Crippen molar-refractivity contribution in [2.75, 3.05) is 24.2 Å². The van der Waals surface area contributed by atoms with Gasteiger partial charge in [0.15, 0.2) is 6.10 Å². The highest BCUT2D eigenvalue weighted by atomic mass is 32.2. The number of nitrogens with one attached hydrogen (secondary N) is 1. The number of sulfonamides is 1. The minimum atomic E-state index is -3.57. The lowest BCUT2D eigenvalue weighted by atomic mass is 9.96. The van der Waals surface area contributed by atoms with Gasteiger partial charge < -0.3 is 14.8 Å². The van der Waals surface area contributed by atoms with Crippen LogP contribution in [0.15, 0.2) is 42.5 Å². The first-order valence-electron chi connectivity index (χ1n) is 10.3. The third-order valence-corrected chi connectivity index (χ3v) is 6.36. The van der Waals surface area contributed by atoms with Crippen molar-refractivity contribution in [2.45, 2.75) is 39.3 Å². The molecule has 0 saturated heterocycles. The van der Waals surface area contributed by atoms with Gasteiger partial charge in [0.1, 0.15) is 11.5 Å². The van der Waals surface area contributed by atoms with E-state index in [0.717, 1.165) is 29.6 Å². The molecule has 1 N–H and O–H groups in total. The average molecular weight is 447 g/mol. The number of anilines is 1. The zero-order valence-electron chi connectivity index (χ0n) is 18.6. The Bertz CT molecular complexity index is 1030. The van der Waals surface area contributed by atoms with E-state index in [1.807, 2.05) is 37.3 Å². The van der Waals surface area contributed by atoms with E-state index in [4.69, 9.17) is 9.47 Å². The number of rotatable bonds is 7. The van der Waals surface area contributed by atoms with Gasteiger partial charge in [-0.3, -0.25) is 9.10 Å². The second kappa shape index (κ2) is 9.18. The van der Waals surface area contributed by atoms with Crippen LogP contribution >= 0.6 is 0 Å². The van der Waals surface area contributed by atoms with Crippen LogP contribution < -0.4 is 19.1 Å². The smallest absolute Gasteiger partial charge is 0.263 e. The zero-order chi connectivity index (χ0) is 22.8. The number of fused-ring (bicyclic) bond motifs is 1. The summed E-state index contributed by atoms with van der Waals surface area (Å²) in [6, 6.07) is 12.6. The minimum Gasteiger partial charge on any atom is -0.497 e. The summed E-state index contributed by atoms with van der Waals surface area (Å²) in [6.07, 6.45) is 0.923. The molecule has 0 fully saturated rings. The molecule has 7 nitrogen and oxygen atoms in total. The fraction of sp³-hybridized carbons (Fsp3) is 0.435. The number of carbonyl (C=O) groups excluding carboxylic acids is 1. The molecule has 1 heterocycles. The molecule has 0 aromatic heterocycles. The Kier molecular flexibility index (Phi) is 6.79. The number of nitrogens with zero attached hydrogens (tertiary/aromatic N) is 1. The molecule has 0 unspecified atom stereocenters. The van der Waals surface area contributed by atoms with Crippen LogP contribution in [0.2, 0.25) is 0 Å². The number of benzene rings is 2. The van der Waals surface area contributed by atoms with Crippen LogP contribution in [0.1, 0.15) is 37.4 Å². The van der Waals surface area contributed by atoms with Crippen molar-refractivity contribution in [1.82, 2.24) is 5.32 Å². The molecule has 1 aliphatic rings. The predicted molar refractivity (Wildman–Crippen MR) is 121 cm³/mol. The largest absolute Gasteiger partial charge is 0.497 e. The van der Waals surface area contributed by atoms with Gasteiger partial charge in [0.25, 0.3) is 5.91 Å². The van der Waals surface area contributed by atoms with Crippen LogP contribution in [0.25, 0.3) is 0 Å². The van der Waals surface area contributed by atoms with Gasteiger partial charge in [-0.1, -0.05) is 32.0 Å². The molecule has 2 aromatic carbocycles. The molecule has 31 heavy (non-hydrogen) atoms. The van der Waals surface area contributed by atoms with E-state index in [0.29, 0.717) is 17.4 Å². The van der Waals surface area contributed by atoms with Crippen LogP contribution in [0.4, 0.5) is 5.69 Å². The normalized spacial score (nSPS) is 17.0. The third kappa shape index (κ3) is 5.50. The maximum absolute atomic E-state index is 13.2. The summed E-state index contributed by atoms with van der Waals surface area (Å²) >= 11 is 0. The fourth-order valence-corrected chi connectivity index (χ4v) is 4.57. The van der Waals surface area contributed by atoms with E-state index in [1.165, 1.54) is 4.31 Å². The summed E-state index contributed by atoms with van der Waals surface area (Å²) < 4.78 is 37.2. The minimum absolute atomic E-state index is 0.0713. The van der Waals surface area contributed by atoms with Gasteiger partial charge in [-0.15, -0.1) is 0 Å². The molecule has 0 radical (unpaired) electrons. The zero-order valence-corrected chi connectivity index (χ0v) is 19.4. The predicted octanol–water partition coefficient (Wildman–Crippen LogP) is 3.43. The van der Waals surface area contributed by atoms with Gasteiger partial charge in [0.2, 0.25) is 10.0 Å². The summed E-state index contributed by atoms with van der Waals surface area (Å²) in [4.78, 5) is 13.2. The van der Waals surface area contributed by atoms with E-state index in [2.05, 4.69) is 19.2 Å². The fourth-order valence-electron chi connectivity index (χ4n) is 3.66. The first-order chi connectivity index (χ1) is 14.6. The molecule has 2 aromatic rings. The van der Waals surface area contributed by atoms with Gasteiger partial charge in [0, 0.05) is 0 Å². The molecule has 2 atom stereocenters. The topological polar surface area (TPSA) is 84.9 Å². The van der Waals surface area contributed by atoms with Crippen molar-refractivity contribution in [3.05, 3.63) is 53.6 Å². The van der Waals surface area contributed by atoms with E-state index in [9.17, 15) is 13.2 Å². The van der Waals surface area contributed by atoms with E-state index in [-0.39, 0.29) is 18.5 Å². The third-order valence-electron chi connectivity index (χ3n) is 5.22. The summed E-state index contributed by atoms with van der Waals surface area (Å²) in [5.41, 5.74) is 2.32. The van der Waals surface area contributed by atoms with Crippen LogP contribution in [0.3, 0.4) is 0 Å². The Morgan fingerprint density at radius 3 is 2.48 bits per heavy atom. The second-order valence-electron chi connectivity index (χ2n) is 8.34. The van der Waals surface area contributed by atoms with Crippen molar-refractivity contribution in [3.8, 4) is 11.5 Å². The Morgan fingerprint density at radius 1 is 1.23 bits per heavy atom. The van der Waals surface area contributed by atoms with E-state index in [1.54, 1.807) is 19.2 Å². The Balaban J connectivity index is 1.85. The van der Waals surface area contributed by atoms with Crippen LogP contribution in [0.5, 0.6) is 11.5 Å². The quantitative estimate of drug-likeness (QED) is 0.704. The molecular formula is C23H30N2O5S. The lowest BCUT2D eigenvalue weighted by Gasteiger charge is -2.35. The highest BCUT2D eigenvalue weighted by molar-refractivity contribution is 7.92. The van der Waals surface area contributed by atoms with Crippen LogP contribution in [-0.4, -0.2) is 40.3 Å². The Morgan fingerprint density at radius 2 is 1.90 bits per heavy atom. The van der Waals surface area contributed by atoms with Gasteiger partial charge in [-0.05, 0) is 54.7 Å². The standard InChI is InChI=1S/C23H30N2O5S/c1-15(2)12-19(17-7-9-18(29-4)10-8-17)24-23(26)22-14-25(31(5,27)28)20-13-16(3)6-11-21(20)30-22/h6-11,13,15,19,22H,12,14H2,1-5H3,(H,24,26)/t19-,22-/m0/s1. The van der Waals surface area contributed by atoms with Crippen molar-refractivity contribution < 1.29 is 22.7 Å². The van der Waals surface area contributed by atoms with Gasteiger partial charge in [-0.2, -0.15) is 0 Å². The lowest BCUT2D eigenvalue weighted by Crippen LogP contribution is -2.51. The first kappa shape index (κ1) is 22.9. The SMILES string of the molecule is COc1ccc([C@H](CC(C)C)NC(=O)[C@@H]2CN(S(C)(=O)=O)c3cc(C)ccc3O2)cc1. The molecule has 0 aliphatic carbocycles. The molecule has 1 amide bonds. The summed E-state index contributed by atoms with van der Waals surface area (Å²) in [6.45, 7) is 5.98. The van der Waals surface area contributed by atoms with Crippen molar-refractivity contribution in [1.29, 1.82) is 0 Å². The number of carbonyl (C=O) groups is 1. The molecule has 3 rings (SSSR count). The van der Waals surface area contributed by atoms with E-state index >= 15 is 0 Å². The number of ether oxygens (including phenoxy) is 2. The second-order valence-corrected chi connectivity index (χ2v) is 10.2. The number of aryl methyl sites for hydroxylation is 1. The van der Waals surface area contributed by atoms with Gasteiger partial charge in [0.05, 0.1) is 31.6 Å². The van der Waals surface area contributed by atoms with Crippen molar-refractivity contribution in [3.63, 3.8) is 0 Å². The summed E-state index contributed by atoms with van der Waals surface area (Å²) in [7, 11) is -1.96. The molecule has 1 aliphatic heterocycles. The average Bonchev–Trinajstić information content (AvgIpc) is 2.71. The van der Waals surface area contributed by atoms with E-state index < -0.39 is 16.1 Å². The highest BCUT2D eigenvalue weighted by Gasteiger charge is 2.36. The van der Waals surface area contributed by atoms with Crippen molar-refractivity contribution in [2.24, 2.45) is 5.92 Å².